The molecule has 8 heteroatoms. The van der Waals surface area contributed by atoms with Gasteiger partial charge in [0.2, 0.25) is 0 Å². The van der Waals surface area contributed by atoms with Crippen molar-refractivity contribution in [3.63, 3.8) is 0 Å². The molecule has 1 N–H and O–H groups in total. The number of amides is 2. The van der Waals surface area contributed by atoms with Crippen LogP contribution in [-0.4, -0.2) is 56.6 Å². The standard InChI is InChI=1S/C26H33N3O5/c1-4-5-6-11-34-25-13-22(9-10-23(25)32-2)29-16-20(18-30)15-28(26(29)31)17-21-8-7-19(14-27)12-24(21)33-3/h7-10,12-13,20,30H,4-6,11,15-18H2,1-3H3. The summed E-state index contributed by atoms with van der Waals surface area (Å²) in [5.41, 5.74) is 1.97. The Morgan fingerprint density at radius 1 is 1.06 bits per heavy atom. The molecule has 0 radical (unpaired) electrons. The first-order valence-corrected chi connectivity index (χ1v) is 11.6. The Morgan fingerprint density at radius 3 is 2.53 bits per heavy atom. The van der Waals surface area contributed by atoms with E-state index in [0.29, 0.717) is 54.7 Å². The van der Waals surface area contributed by atoms with Crippen molar-refractivity contribution in [2.24, 2.45) is 5.92 Å². The number of unbranched alkanes of at least 4 members (excludes halogenated alkanes) is 2. The van der Waals surface area contributed by atoms with Crippen molar-refractivity contribution in [3.05, 3.63) is 47.5 Å². The van der Waals surface area contributed by atoms with Gasteiger partial charge >= 0.3 is 6.03 Å². The van der Waals surface area contributed by atoms with Gasteiger partial charge in [-0.3, -0.25) is 4.90 Å². The van der Waals surface area contributed by atoms with E-state index in [-0.39, 0.29) is 18.6 Å². The molecule has 1 fully saturated rings. The number of benzene rings is 2. The predicted octanol–water partition coefficient (Wildman–Crippen LogP) is 4.20. The zero-order valence-electron chi connectivity index (χ0n) is 20.1. The Hall–Kier alpha value is -3.44. The maximum atomic E-state index is 13.5. The summed E-state index contributed by atoms with van der Waals surface area (Å²) in [6.45, 7) is 3.80. The molecule has 1 atom stereocenters. The van der Waals surface area contributed by atoms with Crippen LogP contribution in [-0.2, 0) is 6.54 Å². The van der Waals surface area contributed by atoms with Gasteiger partial charge in [0.25, 0.3) is 0 Å². The zero-order chi connectivity index (χ0) is 24.5. The summed E-state index contributed by atoms with van der Waals surface area (Å²) in [6, 6.07) is 12.6. The number of methoxy groups -OCH3 is 2. The number of aliphatic hydroxyl groups is 1. The Kier molecular flexibility index (Phi) is 9.00. The molecular weight excluding hydrogens is 434 g/mol. The van der Waals surface area contributed by atoms with Gasteiger partial charge in [-0.1, -0.05) is 25.8 Å². The van der Waals surface area contributed by atoms with E-state index in [1.807, 2.05) is 12.1 Å². The second kappa shape index (κ2) is 12.1. The highest BCUT2D eigenvalue weighted by Crippen LogP contribution is 2.34. The molecule has 2 aromatic carbocycles. The third kappa shape index (κ3) is 5.91. The van der Waals surface area contributed by atoms with Crippen molar-refractivity contribution >= 4 is 11.7 Å². The molecule has 0 aliphatic carbocycles. The molecule has 1 saturated heterocycles. The lowest BCUT2D eigenvalue weighted by atomic mass is 10.0. The molecule has 8 nitrogen and oxygen atoms in total. The average Bonchev–Trinajstić information content (AvgIpc) is 2.87. The fraction of sp³-hybridized carbons (Fsp3) is 0.462. The van der Waals surface area contributed by atoms with Gasteiger partial charge in [0, 0.05) is 42.9 Å². The maximum Gasteiger partial charge on any atom is 0.324 e. The molecule has 0 spiro atoms. The maximum absolute atomic E-state index is 13.5. The summed E-state index contributed by atoms with van der Waals surface area (Å²) in [4.78, 5) is 16.8. The third-order valence-electron chi connectivity index (χ3n) is 5.92. The van der Waals surface area contributed by atoms with Gasteiger partial charge in [-0.25, -0.2) is 4.79 Å². The lowest BCUT2D eigenvalue weighted by molar-refractivity contribution is 0.143. The highest BCUT2D eigenvalue weighted by atomic mass is 16.5. The van der Waals surface area contributed by atoms with Crippen LogP contribution in [0.1, 0.15) is 37.3 Å². The van der Waals surface area contributed by atoms with Gasteiger partial charge in [0.15, 0.2) is 11.5 Å². The van der Waals surface area contributed by atoms with Crippen molar-refractivity contribution in [2.45, 2.75) is 32.7 Å². The van der Waals surface area contributed by atoms with Gasteiger partial charge in [-0.2, -0.15) is 5.26 Å². The second-order valence-electron chi connectivity index (χ2n) is 8.35. The van der Waals surface area contributed by atoms with Crippen LogP contribution in [0.2, 0.25) is 0 Å². The number of hydrogen-bond donors (Lipinski definition) is 1. The highest BCUT2D eigenvalue weighted by Gasteiger charge is 2.33. The number of hydrogen-bond acceptors (Lipinski definition) is 6. The molecule has 1 heterocycles. The third-order valence-corrected chi connectivity index (χ3v) is 5.92. The fourth-order valence-electron chi connectivity index (χ4n) is 4.05. The highest BCUT2D eigenvalue weighted by molar-refractivity contribution is 5.93. The van der Waals surface area contributed by atoms with Crippen molar-refractivity contribution in [1.29, 1.82) is 5.26 Å². The van der Waals surface area contributed by atoms with E-state index in [2.05, 4.69) is 13.0 Å². The number of carbonyl (C=O) groups excluding carboxylic acids is 1. The Balaban J connectivity index is 1.85. The van der Waals surface area contributed by atoms with Crippen LogP contribution < -0.4 is 19.1 Å². The van der Waals surface area contributed by atoms with Gasteiger partial charge in [-0.15, -0.1) is 0 Å². The van der Waals surface area contributed by atoms with Crippen LogP contribution >= 0.6 is 0 Å². The average molecular weight is 468 g/mol. The minimum absolute atomic E-state index is 0.0404. The molecule has 1 aliphatic heterocycles. The van der Waals surface area contributed by atoms with Gasteiger partial charge < -0.3 is 24.2 Å². The number of rotatable bonds is 11. The molecule has 2 aromatic rings. The minimum Gasteiger partial charge on any atom is -0.496 e. The number of aliphatic hydroxyl groups excluding tert-OH is 1. The molecule has 182 valence electrons. The molecule has 2 amide bonds. The molecule has 0 aromatic heterocycles. The smallest absolute Gasteiger partial charge is 0.324 e. The molecule has 1 unspecified atom stereocenters. The Bertz CT molecular complexity index is 1020. The Labute approximate surface area is 201 Å². The van der Waals surface area contributed by atoms with E-state index < -0.39 is 0 Å². The lowest BCUT2D eigenvalue weighted by Crippen LogP contribution is -2.54. The molecular formula is C26H33N3O5. The largest absolute Gasteiger partial charge is 0.496 e. The van der Waals surface area contributed by atoms with Crippen LogP contribution in [0.5, 0.6) is 17.2 Å². The topological polar surface area (TPSA) is 95.3 Å². The van der Waals surface area contributed by atoms with Gasteiger partial charge in [0.05, 0.1) is 39.0 Å². The second-order valence-corrected chi connectivity index (χ2v) is 8.35. The summed E-state index contributed by atoms with van der Waals surface area (Å²) in [5.74, 6) is 1.65. The van der Waals surface area contributed by atoms with E-state index >= 15 is 0 Å². The predicted molar refractivity (Wildman–Crippen MR) is 129 cm³/mol. The van der Waals surface area contributed by atoms with Crippen molar-refractivity contribution in [3.8, 4) is 23.3 Å². The summed E-state index contributed by atoms with van der Waals surface area (Å²) < 4.78 is 16.8. The Morgan fingerprint density at radius 2 is 1.85 bits per heavy atom. The van der Waals surface area contributed by atoms with E-state index in [0.717, 1.165) is 24.8 Å². The minimum atomic E-state index is -0.168. The number of carbonyl (C=O) groups is 1. The molecule has 3 rings (SSSR count). The molecule has 0 bridgehead atoms. The van der Waals surface area contributed by atoms with Crippen molar-refractivity contribution in [2.75, 3.05) is 45.4 Å². The van der Waals surface area contributed by atoms with Crippen LogP contribution in [0.3, 0.4) is 0 Å². The lowest BCUT2D eigenvalue weighted by Gasteiger charge is -2.40. The van der Waals surface area contributed by atoms with Crippen LogP contribution in [0, 0.1) is 17.2 Å². The summed E-state index contributed by atoms with van der Waals surface area (Å²) in [6.07, 6.45) is 3.13. The first kappa shape index (κ1) is 25.2. The van der Waals surface area contributed by atoms with Gasteiger partial charge in [0.1, 0.15) is 5.75 Å². The first-order valence-electron chi connectivity index (χ1n) is 11.6. The van der Waals surface area contributed by atoms with Gasteiger partial charge in [-0.05, 0) is 30.7 Å². The SMILES string of the molecule is CCCCCOc1cc(N2CC(CO)CN(Cc3ccc(C#N)cc3OC)C2=O)ccc1OC. The van der Waals surface area contributed by atoms with E-state index in [1.165, 1.54) is 0 Å². The summed E-state index contributed by atoms with van der Waals surface area (Å²) >= 11 is 0. The van der Waals surface area contributed by atoms with E-state index in [9.17, 15) is 9.90 Å². The molecule has 34 heavy (non-hydrogen) atoms. The quantitative estimate of drug-likeness (QED) is 0.498. The first-order chi connectivity index (χ1) is 16.5. The van der Waals surface area contributed by atoms with Crippen molar-refractivity contribution < 1.29 is 24.1 Å². The van der Waals surface area contributed by atoms with E-state index in [4.69, 9.17) is 19.5 Å². The monoisotopic (exact) mass is 467 g/mol. The van der Waals surface area contributed by atoms with E-state index in [1.54, 1.807) is 48.3 Å². The van der Waals surface area contributed by atoms with Crippen molar-refractivity contribution in [1.82, 2.24) is 4.90 Å². The van der Waals surface area contributed by atoms with Crippen LogP contribution in [0.15, 0.2) is 36.4 Å². The number of urea groups is 1. The zero-order valence-corrected chi connectivity index (χ0v) is 20.1. The number of nitriles is 1. The number of anilines is 1. The number of nitrogens with zero attached hydrogens (tertiary/aromatic N) is 3. The molecule has 0 saturated carbocycles. The summed E-state index contributed by atoms with van der Waals surface area (Å²) in [7, 11) is 3.13. The normalized spacial score (nSPS) is 15.7. The molecule has 1 aliphatic rings. The van der Waals surface area contributed by atoms with Crippen LogP contribution in [0.25, 0.3) is 0 Å². The van der Waals surface area contributed by atoms with Crippen LogP contribution in [0.4, 0.5) is 10.5 Å². The fourth-order valence-corrected chi connectivity index (χ4v) is 4.05. The number of ether oxygens (including phenoxy) is 3. The summed E-state index contributed by atoms with van der Waals surface area (Å²) in [5, 5.41) is 19.1.